The van der Waals surface area contributed by atoms with Crippen molar-refractivity contribution in [2.24, 2.45) is 0 Å². The molecule has 1 aliphatic carbocycles. The third kappa shape index (κ3) is 3.40. The number of hydrogen-bond acceptors (Lipinski definition) is 2. The number of rotatable bonds is 3. The summed E-state index contributed by atoms with van der Waals surface area (Å²) in [6.07, 6.45) is 4.60. The predicted molar refractivity (Wildman–Crippen MR) is 75.1 cm³/mol. The zero-order chi connectivity index (χ0) is 13.8. The first-order valence-electron chi connectivity index (χ1n) is 6.90. The van der Waals surface area contributed by atoms with Gasteiger partial charge >= 0.3 is 6.03 Å². The maximum atomic E-state index is 12.1. The SMILES string of the molecule is CC(c1ccc(O)cc1)N(C)C(=O)NC1CCCC1. The lowest BCUT2D eigenvalue weighted by molar-refractivity contribution is 0.190. The van der Waals surface area contributed by atoms with Crippen molar-refractivity contribution >= 4 is 6.03 Å². The minimum atomic E-state index is -0.0209. The Morgan fingerprint density at radius 3 is 2.47 bits per heavy atom. The smallest absolute Gasteiger partial charge is 0.317 e. The topological polar surface area (TPSA) is 52.6 Å². The van der Waals surface area contributed by atoms with E-state index in [9.17, 15) is 9.90 Å². The van der Waals surface area contributed by atoms with Gasteiger partial charge in [0.25, 0.3) is 0 Å². The molecule has 0 saturated heterocycles. The summed E-state index contributed by atoms with van der Waals surface area (Å²) in [6.45, 7) is 1.99. The van der Waals surface area contributed by atoms with Gasteiger partial charge in [0, 0.05) is 13.1 Å². The van der Waals surface area contributed by atoms with E-state index in [4.69, 9.17) is 0 Å². The number of nitrogens with one attached hydrogen (secondary N) is 1. The van der Waals surface area contributed by atoms with Gasteiger partial charge in [-0.15, -0.1) is 0 Å². The van der Waals surface area contributed by atoms with E-state index in [-0.39, 0.29) is 17.8 Å². The lowest BCUT2D eigenvalue weighted by atomic mass is 10.1. The van der Waals surface area contributed by atoms with Crippen molar-refractivity contribution in [2.75, 3.05) is 7.05 Å². The van der Waals surface area contributed by atoms with Crippen molar-refractivity contribution in [3.05, 3.63) is 29.8 Å². The molecular weight excluding hydrogens is 240 g/mol. The number of hydrogen-bond donors (Lipinski definition) is 2. The summed E-state index contributed by atoms with van der Waals surface area (Å²) in [5.74, 6) is 0.244. The average Bonchev–Trinajstić information content (AvgIpc) is 2.90. The largest absolute Gasteiger partial charge is 0.508 e. The van der Waals surface area contributed by atoms with Crippen LogP contribution in [0.1, 0.15) is 44.2 Å². The first-order valence-corrected chi connectivity index (χ1v) is 6.90. The van der Waals surface area contributed by atoms with Crippen LogP contribution in [-0.4, -0.2) is 29.1 Å². The molecule has 1 saturated carbocycles. The highest BCUT2D eigenvalue weighted by Gasteiger charge is 2.22. The number of aromatic hydroxyl groups is 1. The normalized spacial score (nSPS) is 17.2. The van der Waals surface area contributed by atoms with Gasteiger partial charge in [-0.25, -0.2) is 4.79 Å². The van der Waals surface area contributed by atoms with Crippen LogP contribution >= 0.6 is 0 Å². The van der Waals surface area contributed by atoms with Crippen molar-refractivity contribution in [2.45, 2.75) is 44.7 Å². The van der Waals surface area contributed by atoms with Crippen molar-refractivity contribution in [3.63, 3.8) is 0 Å². The Kier molecular flexibility index (Phi) is 4.30. The Balaban J connectivity index is 1.95. The van der Waals surface area contributed by atoms with Gasteiger partial charge in [0.1, 0.15) is 5.75 Å². The maximum Gasteiger partial charge on any atom is 0.317 e. The number of carbonyl (C=O) groups excluding carboxylic acids is 1. The van der Waals surface area contributed by atoms with Crippen LogP contribution in [0.2, 0.25) is 0 Å². The summed E-state index contributed by atoms with van der Waals surface area (Å²) in [5.41, 5.74) is 1.02. The van der Waals surface area contributed by atoms with Gasteiger partial charge in [-0.2, -0.15) is 0 Å². The number of amides is 2. The van der Waals surface area contributed by atoms with E-state index in [1.54, 1.807) is 17.0 Å². The number of nitrogens with zero attached hydrogens (tertiary/aromatic N) is 1. The van der Waals surface area contributed by atoms with Gasteiger partial charge in [0.05, 0.1) is 6.04 Å². The van der Waals surface area contributed by atoms with E-state index in [0.717, 1.165) is 18.4 Å². The molecule has 1 atom stereocenters. The van der Waals surface area contributed by atoms with E-state index in [2.05, 4.69) is 5.32 Å². The predicted octanol–water partition coefficient (Wildman–Crippen LogP) is 3.04. The van der Waals surface area contributed by atoms with Gasteiger partial charge in [-0.1, -0.05) is 25.0 Å². The molecule has 4 nitrogen and oxygen atoms in total. The summed E-state index contributed by atoms with van der Waals surface area (Å²) in [7, 11) is 1.81. The van der Waals surface area contributed by atoms with Crippen LogP contribution in [0.25, 0.3) is 0 Å². The van der Waals surface area contributed by atoms with Crippen LogP contribution in [0.4, 0.5) is 4.79 Å². The minimum absolute atomic E-state index is 0.0120. The van der Waals surface area contributed by atoms with Crippen molar-refractivity contribution in [1.82, 2.24) is 10.2 Å². The first-order chi connectivity index (χ1) is 9.08. The molecule has 19 heavy (non-hydrogen) atoms. The fourth-order valence-electron chi connectivity index (χ4n) is 2.50. The zero-order valence-corrected chi connectivity index (χ0v) is 11.6. The standard InChI is InChI=1S/C15H22N2O2/c1-11(12-7-9-14(18)10-8-12)17(2)15(19)16-13-5-3-4-6-13/h7-11,13,18H,3-6H2,1-2H3,(H,16,19). The Morgan fingerprint density at radius 1 is 1.32 bits per heavy atom. The molecule has 2 amide bonds. The molecule has 1 aromatic rings. The summed E-state index contributed by atoms with van der Waals surface area (Å²) in [5, 5.41) is 12.4. The molecule has 0 aliphatic heterocycles. The van der Waals surface area contributed by atoms with Crippen LogP contribution in [0.15, 0.2) is 24.3 Å². The van der Waals surface area contributed by atoms with Crippen molar-refractivity contribution < 1.29 is 9.90 Å². The molecule has 0 aromatic heterocycles. The second-order valence-corrected chi connectivity index (χ2v) is 5.31. The van der Waals surface area contributed by atoms with E-state index in [1.807, 2.05) is 26.1 Å². The van der Waals surface area contributed by atoms with Crippen LogP contribution in [-0.2, 0) is 0 Å². The molecule has 104 valence electrons. The monoisotopic (exact) mass is 262 g/mol. The van der Waals surface area contributed by atoms with Gasteiger partial charge < -0.3 is 15.3 Å². The zero-order valence-electron chi connectivity index (χ0n) is 11.6. The van der Waals surface area contributed by atoms with Crippen molar-refractivity contribution in [3.8, 4) is 5.75 Å². The molecule has 1 aliphatic rings. The Bertz CT molecular complexity index is 424. The third-order valence-corrected chi connectivity index (χ3v) is 3.96. The van der Waals surface area contributed by atoms with E-state index in [0.29, 0.717) is 6.04 Å². The number of carbonyl (C=O) groups is 1. The molecule has 4 heteroatoms. The molecule has 1 unspecified atom stereocenters. The van der Waals surface area contributed by atoms with E-state index >= 15 is 0 Å². The summed E-state index contributed by atoms with van der Waals surface area (Å²) in [4.78, 5) is 13.9. The number of phenols is 1. The van der Waals surface area contributed by atoms with Gasteiger partial charge in [0.2, 0.25) is 0 Å². The molecule has 2 rings (SSSR count). The fraction of sp³-hybridized carbons (Fsp3) is 0.533. The molecule has 2 N–H and O–H groups in total. The average molecular weight is 262 g/mol. The Hall–Kier alpha value is -1.71. The molecule has 0 heterocycles. The second kappa shape index (κ2) is 5.95. The lowest BCUT2D eigenvalue weighted by Crippen LogP contribution is -2.43. The summed E-state index contributed by atoms with van der Waals surface area (Å²) >= 11 is 0. The molecule has 0 radical (unpaired) electrons. The summed E-state index contributed by atoms with van der Waals surface area (Å²) < 4.78 is 0. The van der Waals surface area contributed by atoms with Crippen LogP contribution in [0.3, 0.4) is 0 Å². The molecular formula is C15H22N2O2. The Labute approximate surface area is 114 Å². The molecule has 0 spiro atoms. The van der Waals surface area contributed by atoms with Gasteiger partial charge in [-0.3, -0.25) is 0 Å². The summed E-state index contributed by atoms with van der Waals surface area (Å²) in [6, 6.07) is 7.29. The minimum Gasteiger partial charge on any atom is -0.508 e. The quantitative estimate of drug-likeness (QED) is 0.879. The molecule has 1 fully saturated rings. The molecule has 1 aromatic carbocycles. The number of benzene rings is 1. The second-order valence-electron chi connectivity index (χ2n) is 5.31. The highest BCUT2D eigenvalue weighted by atomic mass is 16.3. The van der Waals surface area contributed by atoms with Crippen molar-refractivity contribution in [1.29, 1.82) is 0 Å². The first kappa shape index (κ1) is 13.7. The Morgan fingerprint density at radius 2 is 1.89 bits per heavy atom. The number of phenolic OH excluding ortho intramolecular Hbond substituents is 1. The van der Waals surface area contributed by atoms with E-state index in [1.165, 1.54) is 12.8 Å². The lowest BCUT2D eigenvalue weighted by Gasteiger charge is -2.27. The highest BCUT2D eigenvalue weighted by molar-refractivity contribution is 5.74. The molecule has 0 bridgehead atoms. The number of urea groups is 1. The highest BCUT2D eigenvalue weighted by Crippen LogP contribution is 2.22. The van der Waals surface area contributed by atoms with Crippen LogP contribution < -0.4 is 5.32 Å². The third-order valence-electron chi connectivity index (χ3n) is 3.96. The van der Waals surface area contributed by atoms with Crippen LogP contribution in [0, 0.1) is 0 Å². The fourth-order valence-corrected chi connectivity index (χ4v) is 2.50. The van der Waals surface area contributed by atoms with Gasteiger partial charge in [-0.05, 0) is 37.5 Å². The van der Waals surface area contributed by atoms with E-state index < -0.39 is 0 Å². The van der Waals surface area contributed by atoms with Gasteiger partial charge in [0.15, 0.2) is 0 Å². The van der Waals surface area contributed by atoms with Crippen LogP contribution in [0.5, 0.6) is 5.75 Å². The maximum absolute atomic E-state index is 12.1.